The summed E-state index contributed by atoms with van der Waals surface area (Å²) in [6, 6.07) is 3.52. The number of unbranched alkanes of at least 4 members (excludes halogenated alkanes) is 2. The molecule has 26 heavy (non-hydrogen) atoms. The summed E-state index contributed by atoms with van der Waals surface area (Å²) in [5.74, 6) is -0.545. The molecular formula is C20H34F2N4. The molecule has 3 N–H and O–H groups in total. The fraction of sp³-hybridized carbons (Fsp3) is 0.650. The van der Waals surface area contributed by atoms with Gasteiger partial charge in [0.2, 0.25) is 0 Å². The maximum Gasteiger partial charge on any atom is 0.137 e. The molecule has 0 radical (unpaired) electrons. The SMILES string of the molecule is CCCCN(CCCC)C(N)NC(=NCC(C)C)c1ccc(F)cc1F. The monoisotopic (exact) mass is 368 g/mol. The Labute approximate surface area is 156 Å². The van der Waals surface area contributed by atoms with Gasteiger partial charge in [0.15, 0.2) is 0 Å². The highest BCUT2D eigenvalue weighted by molar-refractivity contribution is 5.99. The molecule has 0 heterocycles. The maximum atomic E-state index is 14.3. The van der Waals surface area contributed by atoms with Crippen molar-refractivity contribution in [2.75, 3.05) is 19.6 Å². The third kappa shape index (κ3) is 7.79. The van der Waals surface area contributed by atoms with E-state index in [0.717, 1.165) is 44.8 Å². The van der Waals surface area contributed by atoms with E-state index in [2.05, 4.69) is 29.1 Å². The minimum atomic E-state index is -0.638. The molecule has 0 aromatic heterocycles. The van der Waals surface area contributed by atoms with E-state index in [1.54, 1.807) is 0 Å². The van der Waals surface area contributed by atoms with Gasteiger partial charge in [0.1, 0.15) is 23.8 Å². The second-order valence-corrected chi connectivity index (χ2v) is 7.04. The molecule has 1 unspecified atom stereocenters. The van der Waals surface area contributed by atoms with Crippen molar-refractivity contribution in [1.82, 2.24) is 10.2 Å². The highest BCUT2D eigenvalue weighted by atomic mass is 19.1. The van der Waals surface area contributed by atoms with Crippen LogP contribution in [0.1, 0.15) is 58.9 Å². The zero-order chi connectivity index (χ0) is 19.5. The van der Waals surface area contributed by atoms with Crippen molar-refractivity contribution in [2.24, 2.45) is 16.6 Å². The molecule has 148 valence electrons. The molecule has 1 atom stereocenters. The Kier molecular flexibility index (Phi) is 10.4. The van der Waals surface area contributed by atoms with Gasteiger partial charge in [-0.05, 0) is 30.9 Å². The number of benzene rings is 1. The number of amidine groups is 1. The molecule has 1 aromatic rings. The summed E-state index contributed by atoms with van der Waals surface area (Å²) in [7, 11) is 0. The summed E-state index contributed by atoms with van der Waals surface area (Å²) in [6.07, 6.45) is 3.78. The lowest BCUT2D eigenvalue weighted by molar-refractivity contribution is 0.181. The molecule has 0 spiro atoms. The van der Waals surface area contributed by atoms with Crippen LogP contribution in [0, 0.1) is 17.6 Å². The van der Waals surface area contributed by atoms with Crippen LogP contribution in [0.5, 0.6) is 0 Å². The Morgan fingerprint density at radius 2 is 1.77 bits per heavy atom. The molecular weight excluding hydrogens is 334 g/mol. The zero-order valence-corrected chi connectivity index (χ0v) is 16.6. The maximum absolute atomic E-state index is 14.3. The van der Waals surface area contributed by atoms with Crippen LogP contribution >= 0.6 is 0 Å². The molecule has 0 amide bonds. The average molecular weight is 369 g/mol. The summed E-state index contributed by atoms with van der Waals surface area (Å²) < 4.78 is 27.5. The van der Waals surface area contributed by atoms with Crippen LogP contribution in [0.3, 0.4) is 0 Å². The van der Waals surface area contributed by atoms with Crippen LogP contribution in [0.2, 0.25) is 0 Å². The third-order valence-electron chi connectivity index (χ3n) is 4.08. The van der Waals surface area contributed by atoms with Gasteiger partial charge in [-0.15, -0.1) is 0 Å². The normalized spacial score (nSPS) is 13.5. The van der Waals surface area contributed by atoms with Crippen molar-refractivity contribution in [3.05, 3.63) is 35.4 Å². The predicted molar refractivity (Wildman–Crippen MR) is 105 cm³/mol. The highest BCUT2D eigenvalue weighted by Gasteiger charge is 2.18. The van der Waals surface area contributed by atoms with Crippen LogP contribution in [0.25, 0.3) is 0 Å². The van der Waals surface area contributed by atoms with E-state index in [1.807, 2.05) is 13.8 Å². The number of aliphatic imine (C=N–C) groups is 1. The molecule has 0 saturated carbocycles. The van der Waals surface area contributed by atoms with Gasteiger partial charge in [0.25, 0.3) is 0 Å². The molecule has 0 aliphatic rings. The molecule has 0 saturated heterocycles. The van der Waals surface area contributed by atoms with E-state index >= 15 is 0 Å². The van der Waals surface area contributed by atoms with E-state index in [4.69, 9.17) is 5.73 Å². The first-order valence-corrected chi connectivity index (χ1v) is 9.65. The largest absolute Gasteiger partial charge is 0.342 e. The molecule has 6 heteroatoms. The minimum absolute atomic E-state index is 0.244. The lowest BCUT2D eigenvalue weighted by Gasteiger charge is -2.30. The number of hydrogen-bond acceptors (Lipinski definition) is 3. The fourth-order valence-electron chi connectivity index (χ4n) is 2.51. The van der Waals surface area contributed by atoms with Gasteiger partial charge in [-0.2, -0.15) is 0 Å². The number of hydrogen-bond donors (Lipinski definition) is 2. The first-order valence-electron chi connectivity index (χ1n) is 9.65. The number of nitrogens with zero attached hydrogens (tertiary/aromatic N) is 2. The summed E-state index contributed by atoms with van der Waals surface area (Å²) in [5.41, 5.74) is 6.61. The van der Waals surface area contributed by atoms with Crippen molar-refractivity contribution in [3.8, 4) is 0 Å². The van der Waals surface area contributed by atoms with Gasteiger partial charge in [-0.3, -0.25) is 15.6 Å². The summed E-state index contributed by atoms with van der Waals surface area (Å²) in [4.78, 5) is 6.66. The molecule has 1 rings (SSSR count). The van der Waals surface area contributed by atoms with Gasteiger partial charge in [0, 0.05) is 25.7 Å². The lowest BCUT2D eigenvalue weighted by Crippen LogP contribution is -2.55. The second-order valence-electron chi connectivity index (χ2n) is 7.04. The zero-order valence-electron chi connectivity index (χ0n) is 16.6. The Hall–Kier alpha value is -1.53. The molecule has 0 aliphatic carbocycles. The highest BCUT2D eigenvalue weighted by Crippen LogP contribution is 2.11. The van der Waals surface area contributed by atoms with Gasteiger partial charge < -0.3 is 5.32 Å². The molecule has 1 aromatic carbocycles. The molecule has 0 fully saturated rings. The summed E-state index contributed by atoms with van der Waals surface area (Å²) >= 11 is 0. The molecule has 0 bridgehead atoms. The van der Waals surface area contributed by atoms with Crippen LogP contribution in [-0.2, 0) is 0 Å². The topological polar surface area (TPSA) is 53.6 Å². The second kappa shape index (κ2) is 12.0. The summed E-state index contributed by atoms with van der Waals surface area (Å²) in [6.45, 7) is 10.6. The first kappa shape index (κ1) is 22.5. The Morgan fingerprint density at radius 1 is 1.15 bits per heavy atom. The van der Waals surface area contributed by atoms with Crippen LogP contribution in [0.15, 0.2) is 23.2 Å². The van der Waals surface area contributed by atoms with Gasteiger partial charge in [-0.1, -0.05) is 40.5 Å². The van der Waals surface area contributed by atoms with E-state index in [-0.39, 0.29) is 5.56 Å². The Bertz CT molecular complexity index is 553. The molecule has 0 aliphatic heterocycles. The van der Waals surface area contributed by atoms with Crippen molar-refractivity contribution >= 4 is 5.84 Å². The van der Waals surface area contributed by atoms with E-state index < -0.39 is 17.9 Å². The predicted octanol–water partition coefficient (Wildman–Crippen LogP) is 4.10. The average Bonchev–Trinajstić information content (AvgIpc) is 2.58. The molecule has 4 nitrogen and oxygen atoms in total. The minimum Gasteiger partial charge on any atom is -0.342 e. The van der Waals surface area contributed by atoms with Crippen LogP contribution in [-0.4, -0.2) is 36.7 Å². The fourth-order valence-corrected chi connectivity index (χ4v) is 2.51. The smallest absolute Gasteiger partial charge is 0.137 e. The van der Waals surface area contributed by atoms with Gasteiger partial charge in [-0.25, -0.2) is 8.78 Å². The quantitative estimate of drug-likeness (QED) is 0.351. The number of nitrogens with one attached hydrogen (secondary N) is 1. The number of nitrogens with two attached hydrogens (primary N) is 1. The van der Waals surface area contributed by atoms with Crippen molar-refractivity contribution in [1.29, 1.82) is 0 Å². The number of rotatable bonds is 11. The van der Waals surface area contributed by atoms with Crippen molar-refractivity contribution in [2.45, 2.75) is 59.7 Å². The first-order chi connectivity index (χ1) is 12.4. The van der Waals surface area contributed by atoms with Crippen molar-refractivity contribution in [3.63, 3.8) is 0 Å². The van der Waals surface area contributed by atoms with Crippen molar-refractivity contribution < 1.29 is 8.78 Å². The Balaban J connectivity index is 3.00. The summed E-state index contributed by atoms with van der Waals surface area (Å²) in [5, 5.41) is 3.16. The van der Waals surface area contributed by atoms with Gasteiger partial charge in [0.05, 0.1) is 5.56 Å². The van der Waals surface area contributed by atoms with E-state index in [0.29, 0.717) is 18.3 Å². The van der Waals surface area contributed by atoms with E-state index in [1.165, 1.54) is 12.1 Å². The Morgan fingerprint density at radius 3 is 2.27 bits per heavy atom. The van der Waals surface area contributed by atoms with Crippen LogP contribution < -0.4 is 11.1 Å². The third-order valence-corrected chi connectivity index (χ3v) is 4.08. The number of halogens is 2. The van der Waals surface area contributed by atoms with Crippen LogP contribution in [0.4, 0.5) is 8.78 Å². The van der Waals surface area contributed by atoms with E-state index in [9.17, 15) is 8.78 Å². The lowest BCUT2D eigenvalue weighted by atomic mass is 10.1. The standard InChI is InChI=1S/C20H34F2N4/c1-5-7-11-26(12-8-6-2)20(23)25-19(24-14-15(3)4)17-10-9-16(21)13-18(17)22/h9-10,13,15,20H,5-8,11-12,14,23H2,1-4H3,(H,24,25). The van der Waals surface area contributed by atoms with Gasteiger partial charge >= 0.3 is 0 Å².